The van der Waals surface area contributed by atoms with E-state index in [4.69, 9.17) is 5.73 Å². The fourth-order valence-electron chi connectivity index (χ4n) is 4.33. The van der Waals surface area contributed by atoms with Gasteiger partial charge in [0, 0.05) is 17.8 Å². The fraction of sp³-hybridized carbons (Fsp3) is 0.308. The summed E-state index contributed by atoms with van der Waals surface area (Å²) in [5.41, 5.74) is 14.4. The van der Waals surface area contributed by atoms with E-state index in [1.165, 1.54) is 27.8 Å². The predicted octanol–water partition coefficient (Wildman–Crippen LogP) is 5.31. The van der Waals surface area contributed by atoms with Gasteiger partial charge in [0.25, 0.3) is 0 Å². The lowest BCUT2D eigenvalue weighted by Crippen LogP contribution is -2.10. The Labute approximate surface area is 179 Å². The number of anilines is 2. The third kappa shape index (κ3) is 4.54. The number of nitrogens with one attached hydrogen (secondary N) is 1. The topological polar surface area (TPSA) is 63.8 Å². The third-order valence-electron chi connectivity index (χ3n) is 6.25. The molecule has 4 heteroatoms. The molecule has 154 valence electrons. The van der Waals surface area contributed by atoms with Crippen molar-refractivity contribution in [3.8, 4) is 0 Å². The summed E-state index contributed by atoms with van der Waals surface area (Å²) in [5, 5.41) is 3.56. The maximum absolute atomic E-state index is 5.79. The first kappa shape index (κ1) is 20.1. The van der Waals surface area contributed by atoms with Crippen molar-refractivity contribution in [2.24, 2.45) is 5.92 Å². The van der Waals surface area contributed by atoms with Gasteiger partial charge in [0.1, 0.15) is 12.1 Å². The van der Waals surface area contributed by atoms with Crippen LogP contribution in [0.15, 0.2) is 66.5 Å². The summed E-state index contributed by atoms with van der Waals surface area (Å²) in [6, 6.07) is 18.9. The van der Waals surface area contributed by atoms with Crippen LogP contribution in [-0.2, 0) is 19.3 Å². The molecule has 0 saturated carbocycles. The van der Waals surface area contributed by atoms with Gasteiger partial charge >= 0.3 is 0 Å². The molecule has 1 unspecified atom stereocenters. The summed E-state index contributed by atoms with van der Waals surface area (Å²) in [5.74, 6) is 1.48. The number of rotatable bonds is 6. The molecule has 0 aliphatic heterocycles. The van der Waals surface area contributed by atoms with Crippen LogP contribution >= 0.6 is 0 Å². The third-order valence-corrected chi connectivity index (χ3v) is 6.25. The van der Waals surface area contributed by atoms with Gasteiger partial charge in [-0.3, -0.25) is 0 Å². The Morgan fingerprint density at radius 2 is 1.73 bits per heavy atom. The molecule has 30 heavy (non-hydrogen) atoms. The molecule has 0 saturated heterocycles. The van der Waals surface area contributed by atoms with Gasteiger partial charge < -0.3 is 11.1 Å². The largest absolute Gasteiger partial charge is 0.399 e. The lowest BCUT2D eigenvalue weighted by atomic mass is 9.87. The molecule has 1 heterocycles. The highest BCUT2D eigenvalue weighted by Gasteiger charge is 2.24. The zero-order valence-electron chi connectivity index (χ0n) is 17.9. The van der Waals surface area contributed by atoms with E-state index >= 15 is 0 Å². The Morgan fingerprint density at radius 3 is 2.50 bits per heavy atom. The van der Waals surface area contributed by atoms with Gasteiger partial charge in [0.2, 0.25) is 0 Å². The Bertz CT molecular complexity index is 1020. The summed E-state index contributed by atoms with van der Waals surface area (Å²) in [7, 11) is 0. The lowest BCUT2D eigenvalue weighted by Gasteiger charge is -2.18. The average Bonchev–Trinajstić information content (AvgIpc) is 2.88. The van der Waals surface area contributed by atoms with Gasteiger partial charge in [0.05, 0.1) is 5.69 Å². The second kappa shape index (κ2) is 9.12. The van der Waals surface area contributed by atoms with Crippen molar-refractivity contribution in [2.75, 3.05) is 17.6 Å². The second-order valence-electron chi connectivity index (χ2n) is 8.20. The smallest absolute Gasteiger partial charge is 0.137 e. The minimum absolute atomic E-state index is 0.532. The van der Waals surface area contributed by atoms with E-state index in [-0.39, 0.29) is 0 Å². The summed E-state index contributed by atoms with van der Waals surface area (Å²) in [4.78, 5) is 9.24. The molecule has 1 atom stereocenters. The molecule has 3 N–H and O–H groups in total. The molecular formula is C26H30N4. The van der Waals surface area contributed by atoms with E-state index in [0.29, 0.717) is 5.92 Å². The number of allylic oxidation sites excluding steroid dienone is 2. The summed E-state index contributed by atoms with van der Waals surface area (Å²) in [6.45, 7) is 5.34. The van der Waals surface area contributed by atoms with Crippen LogP contribution in [0.25, 0.3) is 5.57 Å². The minimum atomic E-state index is 0.532. The van der Waals surface area contributed by atoms with Gasteiger partial charge in [-0.1, -0.05) is 48.0 Å². The number of nitrogen functional groups attached to an aromatic ring is 1. The number of hydrogen-bond acceptors (Lipinski definition) is 4. The molecule has 4 rings (SSSR count). The van der Waals surface area contributed by atoms with Crippen molar-refractivity contribution in [2.45, 2.75) is 39.5 Å². The molecule has 1 aliphatic rings. The first-order valence-electron chi connectivity index (χ1n) is 10.8. The number of aryl methyl sites for hydroxylation is 1. The Morgan fingerprint density at radius 1 is 0.967 bits per heavy atom. The highest BCUT2D eigenvalue weighted by atomic mass is 15.0. The second-order valence-corrected chi connectivity index (χ2v) is 8.20. The number of aromatic nitrogens is 2. The van der Waals surface area contributed by atoms with Gasteiger partial charge in [-0.05, 0) is 74.3 Å². The zero-order valence-corrected chi connectivity index (χ0v) is 17.9. The Hall–Kier alpha value is -3.14. The highest BCUT2D eigenvalue weighted by molar-refractivity contribution is 5.77. The molecule has 0 spiro atoms. The summed E-state index contributed by atoms with van der Waals surface area (Å²) in [6.07, 6.45) is 5.80. The zero-order chi connectivity index (χ0) is 20.9. The molecule has 0 fully saturated rings. The van der Waals surface area contributed by atoms with Crippen LogP contribution in [0.3, 0.4) is 0 Å². The van der Waals surface area contributed by atoms with Gasteiger partial charge in [0.15, 0.2) is 0 Å². The van der Waals surface area contributed by atoms with Crippen LogP contribution in [-0.4, -0.2) is 16.5 Å². The summed E-state index contributed by atoms with van der Waals surface area (Å²) < 4.78 is 0. The first-order valence-corrected chi connectivity index (χ1v) is 10.8. The van der Waals surface area contributed by atoms with E-state index in [9.17, 15) is 0 Å². The molecular weight excluding hydrogens is 368 g/mol. The van der Waals surface area contributed by atoms with E-state index in [2.05, 4.69) is 71.6 Å². The normalized spacial score (nSPS) is 16.1. The SMILES string of the molecule is CC1=C(C)C(Cc2ccccc2)CCc2ncnc(NCCc3ccc(N)cc3)c21. The number of fused-ring (bicyclic) bond motifs is 1. The Balaban J connectivity index is 1.53. The molecule has 0 amide bonds. The predicted molar refractivity (Wildman–Crippen MR) is 125 cm³/mol. The van der Waals surface area contributed by atoms with Gasteiger partial charge in [-0.15, -0.1) is 0 Å². The molecule has 4 nitrogen and oxygen atoms in total. The van der Waals surface area contributed by atoms with Crippen LogP contribution < -0.4 is 11.1 Å². The number of nitrogens with two attached hydrogens (primary N) is 1. The average molecular weight is 399 g/mol. The van der Waals surface area contributed by atoms with Crippen molar-refractivity contribution >= 4 is 17.1 Å². The monoisotopic (exact) mass is 398 g/mol. The quantitative estimate of drug-likeness (QED) is 0.552. The molecule has 1 aliphatic carbocycles. The van der Waals surface area contributed by atoms with Crippen molar-refractivity contribution in [1.29, 1.82) is 0 Å². The van der Waals surface area contributed by atoms with Gasteiger partial charge in [-0.2, -0.15) is 0 Å². The molecule has 2 aromatic carbocycles. The number of benzene rings is 2. The molecule has 0 bridgehead atoms. The van der Waals surface area contributed by atoms with E-state index in [1.54, 1.807) is 6.33 Å². The van der Waals surface area contributed by atoms with Crippen molar-refractivity contribution in [1.82, 2.24) is 9.97 Å². The van der Waals surface area contributed by atoms with Crippen LogP contribution in [0.4, 0.5) is 11.5 Å². The minimum Gasteiger partial charge on any atom is -0.399 e. The highest BCUT2D eigenvalue weighted by Crippen LogP contribution is 2.36. The van der Waals surface area contributed by atoms with Crippen molar-refractivity contribution in [3.05, 3.63) is 88.9 Å². The number of hydrogen-bond donors (Lipinski definition) is 2. The summed E-state index contributed by atoms with van der Waals surface area (Å²) >= 11 is 0. The Kier molecular flexibility index (Phi) is 6.12. The number of nitrogens with zero attached hydrogens (tertiary/aromatic N) is 2. The van der Waals surface area contributed by atoms with Crippen molar-refractivity contribution in [3.63, 3.8) is 0 Å². The maximum Gasteiger partial charge on any atom is 0.137 e. The standard InChI is InChI=1S/C26H30N4/c1-18-19(2)25-24(13-10-22(18)16-21-6-4-3-5-7-21)29-17-30-26(25)28-15-14-20-8-11-23(27)12-9-20/h3-9,11-12,17,22H,10,13-16,27H2,1-2H3,(H,28,29,30). The van der Waals surface area contributed by atoms with Crippen LogP contribution in [0.2, 0.25) is 0 Å². The van der Waals surface area contributed by atoms with E-state index < -0.39 is 0 Å². The van der Waals surface area contributed by atoms with Crippen LogP contribution in [0.1, 0.15) is 42.7 Å². The van der Waals surface area contributed by atoms with Crippen molar-refractivity contribution < 1.29 is 0 Å². The fourth-order valence-corrected chi connectivity index (χ4v) is 4.33. The maximum atomic E-state index is 5.79. The molecule has 3 aromatic rings. The first-order chi connectivity index (χ1) is 14.6. The van der Waals surface area contributed by atoms with E-state index in [1.807, 2.05) is 12.1 Å². The van der Waals surface area contributed by atoms with Gasteiger partial charge in [-0.25, -0.2) is 9.97 Å². The van der Waals surface area contributed by atoms with Crippen LogP contribution in [0, 0.1) is 5.92 Å². The van der Waals surface area contributed by atoms with Crippen LogP contribution in [0.5, 0.6) is 0 Å². The lowest BCUT2D eigenvalue weighted by molar-refractivity contribution is 0.559. The molecule has 0 radical (unpaired) electrons. The van der Waals surface area contributed by atoms with E-state index in [0.717, 1.165) is 49.4 Å². The molecule has 1 aromatic heterocycles.